The van der Waals surface area contributed by atoms with E-state index in [-0.39, 0.29) is 11.8 Å². The molecular formula is C30H41N7O4. The molecule has 1 aromatic heterocycles. The topological polar surface area (TPSA) is 133 Å². The highest BCUT2D eigenvalue weighted by Gasteiger charge is 2.35. The van der Waals surface area contributed by atoms with Crippen LogP contribution in [0.2, 0.25) is 0 Å². The first kappa shape index (κ1) is 30.4. The standard InChI is InChI=1S/C25H28N6O3.C5H13NO/c1-2-26-15-16-5-3-6-17(10-9-16)22-21-23(29-28-22)18-7-4-8-19(20(18)24(21)32)27-25(33)30-31-11-13-34-14-12-31;1-3-6-4-5-7-2/h3-4,6-10,26H,2,5,11-15H2,1H3,(H,28,29)(H2,27,30,33);6H,3-5H2,1-2H3. The lowest BCUT2D eigenvalue weighted by Gasteiger charge is -2.27. The zero-order valence-electron chi connectivity index (χ0n) is 24.1. The van der Waals surface area contributed by atoms with E-state index in [1.54, 1.807) is 18.2 Å². The molecule has 220 valence electrons. The summed E-state index contributed by atoms with van der Waals surface area (Å²) in [7, 11) is 1.71. The van der Waals surface area contributed by atoms with Gasteiger partial charge >= 0.3 is 6.03 Å². The minimum absolute atomic E-state index is 0.147. The van der Waals surface area contributed by atoms with Crippen molar-refractivity contribution in [1.82, 2.24) is 31.3 Å². The van der Waals surface area contributed by atoms with Gasteiger partial charge in [0.1, 0.15) is 5.69 Å². The van der Waals surface area contributed by atoms with E-state index in [2.05, 4.69) is 57.6 Å². The molecule has 2 amide bonds. The Morgan fingerprint density at radius 3 is 2.68 bits per heavy atom. The first-order chi connectivity index (χ1) is 20.1. The molecular weight excluding hydrogens is 522 g/mol. The molecule has 2 aromatic rings. The molecule has 0 spiro atoms. The van der Waals surface area contributed by atoms with Gasteiger partial charge in [0, 0.05) is 44.4 Å². The minimum Gasteiger partial charge on any atom is -0.383 e. The Balaban J connectivity index is 0.000000493. The van der Waals surface area contributed by atoms with Crippen LogP contribution >= 0.6 is 0 Å². The number of amides is 2. The number of rotatable bonds is 10. The number of aromatic nitrogens is 2. The van der Waals surface area contributed by atoms with E-state index in [9.17, 15) is 9.59 Å². The van der Waals surface area contributed by atoms with Crippen LogP contribution in [0.3, 0.4) is 0 Å². The van der Waals surface area contributed by atoms with Crippen molar-refractivity contribution in [3.8, 4) is 11.3 Å². The van der Waals surface area contributed by atoms with Crippen molar-refractivity contribution in [2.75, 3.05) is 71.5 Å². The van der Waals surface area contributed by atoms with Gasteiger partial charge in [-0.25, -0.2) is 9.80 Å². The molecule has 1 aromatic carbocycles. The highest BCUT2D eigenvalue weighted by atomic mass is 16.5. The number of urea groups is 1. The lowest BCUT2D eigenvalue weighted by Crippen LogP contribution is -2.49. The van der Waals surface area contributed by atoms with E-state index in [0.29, 0.717) is 54.5 Å². The Bertz CT molecular complexity index is 1290. The number of nitrogens with zero attached hydrogens (tertiary/aromatic N) is 2. The number of hydrazine groups is 1. The molecule has 0 bridgehead atoms. The summed E-state index contributed by atoms with van der Waals surface area (Å²) < 4.78 is 10.1. The Kier molecular flexibility index (Phi) is 11.4. The van der Waals surface area contributed by atoms with Crippen LogP contribution in [0, 0.1) is 0 Å². The lowest BCUT2D eigenvalue weighted by atomic mass is 10.0. The number of anilines is 1. The van der Waals surface area contributed by atoms with E-state index in [1.807, 2.05) is 24.3 Å². The zero-order chi connectivity index (χ0) is 29.0. The van der Waals surface area contributed by atoms with E-state index < -0.39 is 0 Å². The van der Waals surface area contributed by atoms with Gasteiger partial charge in [-0.2, -0.15) is 5.10 Å². The number of hydrogen-bond donors (Lipinski definition) is 5. The molecule has 2 heterocycles. The van der Waals surface area contributed by atoms with Crippen molar-refractivity contribution < 1.29 is 19.1 Å². The normalized spacial score (nSPS) is 16.1. The second-order valence-electron chi connectivity index (χ2n) is 9.72. The molecule has 11 nitrogen and oxygen atoms in total. The number of carbonyl (C=O) groups excluding carboxylic acids is 2. The van der Waals surface area contributed by atoms with Crippen molar-refractivity contribution in [2.45, 2.75) is 20.3 Å². The highest BCUT2D eigenvalue weighted by Crippen LogP contribution is 2.42. The van der Waals surface area contributed by atoms with Gasteiger partial charge in [-0.05, 0) is 25.6 Å². The number of morpholine rings is 1. The maximum atomic E-state index is 13.6. The van der Waals surface area contributed by atoms with Gasteiger partial charge in [-0.3, -0.25) is 15.3 Å². The Morgan fingerprint density at radius 2 is 1.93 bits per heavy atom. The Hall–Kier alpha value is -3.61. The number of hydrogen-bond acceptors (Lipinski definition) is 8. The number of likely N-dealkylation sites (N-methyl/N-ethyl adjacent to an activating group) is 2. The van der Waals surface area contributed by atoms with Crippen LogP contribution in [0.15, 0.2) is 48.1 Å². The molecule has 1 saturated heterocycles. The maximum Gasteiger partial charge on any atom is 0.333 e. The predicted molar refractivity (Wildman–Crippen MR) is 161 cm³/mol. The molecule has 0 atom stereocenters. The first-order valence-corrected chi connectivity index (χ1v) is 14.2. The molecule has 0 radical (unpaired) electrons. The molecule has 41 heavy (non-hydrogen) atoms. The number of benzene rings is 1. The number of fused-ring (bicyclic) bond motifs is 3. The quantitative estimate of drug-likeness (QED) is 0.238. The van der Waals surface area contributed by atoms with Gasteiger partial charge in [0.25, 0.3) is 0 Å². The molecule has 0 unspecified atom stereocenters. The summed E-state index contributed by atoms with van der Waals surface area (Å²) in [6.07, 6.45) is 9.06. The number of ether oxygens (including phenoxy) is 2. The van der Waals surface area contributed by atoms with E-state index in [0.717, 1.165) is 50.3 Å². The van der Waals surface area contributed by atoms with Gasteiger partial charge in [0.2, 0.25) is 0 Å². The van der Waals surface area contributed by atoms with Gasteiger partial charge in [0.15, 0.2) is 5.78 Å². The summed E-state index contributed by atoms with van der Waals surface area (Å²) in [5, 5.41) is 18.7. The monoisotopic (exact) mass is 563 g/mol. The van der Waals surface area contributed by atoms with Crippen molar-refractivity contribution in [1.29, 1.82) is 0 Å². The second-order valence-corrected chi connectivity index (χ2v) is 9.72. The third-order valence-corrected chi connectivity index (χ3v) is 6.86. The number of H-pyrrole nitrogens is 1. The summed E-state index contributed by atoms with van der Waals surface area (Å²) in [6.45, 7) is 11.1. The zero-order valence-corrected chi connectivity index (χ0v) is 24.1. The average Bonchev–Trinajstić information content (AvgIpc) is 3.44. The first-order valence-electron chi connectivity index (χ1n) is 14.2. The van der Waals surface area contributed by atoms with Gasteiger partial charge < -0.3 is 25.4 Å². The summed E-state index contributed by atoms with van der Waals surface area (Å²) in [5.74, 6) is -0.147. The van der Waals surface area contributed by atoms with Crippen LogP contribution in [-0.4, -0.2) is 93.2 Å². The number of aromatic amines is 1. The summed E-state index contributed by atoms with van der Waals surface area (Å²) >= 11 is 0. The Labute approximate surface area is 241 Å². The average molecular weight is 564 g/mol. The third-order valence-electron chi connectivity index (χ3n) is 6.86. The SMILES string of the molecule is CCNCC1=CC=C(c2n[nH]c3c2C(=O)c2c(NC(=O)NN4CCOCC4)cccc2-3)C=CC1.CCNCCOC. The molecule has 0 saturated carbocycles. The van der Waals surface area contributed by atoms with Crippen LogP contribution in [0.1, 0.15) is 41.9 Å². The number of carbonyl (C=O) groups is 2. The second kappa shape index (κ2) is 15.4. The number of ketones is 1. The molecule has 3 aliphatic rings. The van der Waals surface area contributed by atoms with E-state index >= 15 is 0 Å². The molecule has 5 N–H and O–H groups in total. The van der Waals surface area contributed by atoms with Crippen LogP contribution in [-0.2, 0) is 9.47 Å². The highest BCUT2D eigenvalue weighted by molar-refractivity contribution is 6.26. The molecule has 2 aliphatic carbocycles. The predicted octanol–water partition coefficient (Wildman–Crippen LogP) is 3.11. The fourth-order valence-corrected chi connectivity index (χ4v) is 4.76. The van der Waals surface area contributed by atoms with Crippen LogP contribution in [0.5, 0.6) is 0 Å². The van der Waals surface area contributed by atoms with Crippen LogP contribution in [0.25, 0.3) is 16.8 Å². The van der Waals surface area contributed by atoms with Gasteiger partial charge in [-0.1, -0.05) is 55.9 Å². The van der Waals surface area contributed by atoms with Crippen molar-refractivity contribution in [2.24, 2.45) is 0 Å². The smallest absolute Gasteiger partial charge is 0.333 e. The fourth-order valence-electron chi connectivity index (χ4n) is 4.76. The maximum absolute atomic E-state index is 13.6. The Morgan fingerprint density at radius 1 is 1.12 bits per heavy atom. The van der Waals surface area contributed by atoms with E-state index in [1.165, 1.54) is 5.57 Å². The van der Waals surface area contributed by atoms with Crippen molar-refractivity contribution >= 4 is 23.1 Å². The van der Waals surface area contributed by atoms with Crippen LogP contribution < -0.4 is 21.4 Å². The lowest BCUT2D eigenvalue weighted by molar-refractivity contribution is 0.0207. The third kappa shape index (κ3) is 7.78. The largest absolute Gasteiger partial charge is 0.383 e. The number of methoxy groups -OCH3 is 1. The summed E-state index contributed by atoms with van der Waals surface area (Å²) in [5.41, 5.74) is 8.51. The van der Waals surface area contributed by atoms with Crippen molar-refractivity contribution in [3.05, 3.63) is 64.9 Å². The summed E-state index contributed by atoms with van der Waals surface area (Å²) in [4.78, 5) is 26.2. The molecule has 11 heteroatoms. The van der Waals surface area contributed by atoms with Gasteiger partial charge in [0.05, 0.1) is 42.3 Å². The molecule has 5 rings (SSSR count). The molecule has 1 fully saturated rings. The minimum atomic E-state index is -0.384. The number of nitrogens with one attached hydrogen (secondary N) is 5. The number of allylic oxidation sites excluding steroid dienone is 5. The van der Waals surface area contributed by atoms with Gasteiger partial charge in [-0.15, -0.1) is 0 Å². The summed E-state index contributed by atoms with van der Waals surface area (Å²) in [6, 6.07) is 5.06. The van der Waals surface area contributed by atoms with E-state index in [4.69, 9.17) is 9.47 Å². The van der Waals surface area contributed by atoms with Crippen molar-refractivity contribution in [3.63, 3.8) is 0 Å². The fraction of sp³-hybridized carbons (Fsp3) is 0.433. The van der Waals surface area contributed by atoms with Crippen LogP contribution in [0.4, 0.5) is 10.5 Å². The molecule has 1 aliphatic heterocycles.